The van der Waals surface area contributed by atoms with Gasteiger partial charge in [-0.1, -0.05) is 0 Å². The van der Waals surface area contributed by atoms with Crippen molar-refractivity contribution >= 4 is 16.7 Å². The molecule has 0 spiro atoms. The summed E-state index contributed by atoms with van der Waals surface area (Å²) >= 11 is 0. The smallest absolute Gasteiger partial charge is 0.180 e. The largest absolute Gasteiger partial charge is 0.293 e. The van der Waals surface area contributed by atoms with Crippen molar-refractivity contribution in [1.82, 2.24) is 19.7 Å². The fourth-order valence-electron chi connectivity index (χ4n) is 2.72. The van der Waals surface area contributed by atoms with Gasteiger partial charge in [-0.05, 0) is 44.0 Å². The Morgan fingerprint density at radius 1 is 1.14 bits per heavy atom. The Balaban J connectivity index is 2.29. The van der Waals surface area contributed by atoms with Gasteiger partial charge in [-0.2, -0.15) is 5.10 Å². The van der Waals surface area contributed by atoms with Crippen LogP contribution in [0.15, 0.2) is 24.5 Å². The molecule has 1 aromatic carbocycles. The van der Waals surface area contributed by atoms with Crippen molar-refractivity contribution in [3.63, 3.8) is 0 Å². The second-order valence-electron chi connectivity index (χ2n) is 5.43. The first-order valence-corrected chi connectivity index (χ1v) is 7.32. The number of aromatic nitrogens is 4. The fourth-order valence-corrected chi connectivity index (χ4v) is 2.72. The van der Waals surface area contributed by atoms with Crippen molar-refractivity contribution < 1.29 is 4.79 Å². The van der Waals surface area contributed by atoms with Crippen LogP contribution >= 0.6 is 0 Å². The Bertz CT molecular complexity index is 862. The highest BCUT2D eigenvalue weighted by Gasteiger charge is 2.16. The van der Waals surface area contributed by atoms with E-state index in [0.717, 1.165) is 40.0 Å². The third-order valence-corrected chi connectivity index (χ3v) is 3.78. The Morgan fingerprint density at radius 2 is 1.82 bits per heavy atom. The number of carbonyl (C=O) groups is 1. The van der Waals surface area contributed by atoms with Gasteiger partial charge in [0.1, 0.15) is 11.5 Å². The second kappa shape index (κ2) is 5.33. The van der Waals surface area contributed by atoms with Gasteiger partial charge < -0.3 is 0 Å². The highest BCUT2D eigenvalue weighted by atomic mass is 16.1. The van der Waals surface area contributed by atoms with Crippen LogP contribution in [0, 0.1) is 13.8 Å². The van der Waals surface area contributed by atoms with E-state index >= 15 is 0 Å². The Morgan fingerprint density at radius 3 is 2.41 bits per heavy atom. The average molecular weight is 294 g/mol. The number of carbonyl (C=O) groups excluding carboxylic acids is 1. The van der Waals surface area contributed by atoms with Gasteiger partial charge >= 0.3 is 0 Å². The molecule has 0 amide bonds. The highest BCUT2D eigenvalue weighted by molar-refractivity contribution is 6.06. The number of hydrogen-bond donors (Lipinski definition) is 0. The van der Waals surface area contributed by atoms with Crippen LogP contribution in [0.5, 0.6) is 0 Å². The number of hydrogen-bond acceptors (Lipinski definition) is 4. The van der Waals surface area contributed by atoms with Crippen LogP contribution in [0.1, 0.15) is 35.7 Å². The molecule has 3 aromatic rings. The SMILES string of the molecule is CCn1nc(C(C)=O)c2cc(-c3cnc(C)nc3)cc(C)c21. The van der Waals surface area contributed by atoms with Gasteiger partial charge in [-0.25, -0.2) is 9.97 Å². The summed E-state index contributed by atoms with van der Waals surface area (Å²) in [6, 6.07) is 4.10. The number of fused-ring (bicyclic) bond motifs is 1. The number of ketones is 1. The predicted molar refractivity (Wildman–Crippen MR) is 85.9 cm³/mol. The van der Waals surface area contributed by atoms with E-state index in [9.17, 15) is 4.79 Å². The minimum atomic E-state index is -0.0195. The number of aryl methyl sites for hydroxylation is 3. The Kier molecular flexibility index (Phi) is 3.48. The van der Waals surface area contributed by atoms with Crippen molar-refractivity contribution in [3.05, 3.63) is 41.6 Å². The van der Waals surface area contributed by atoms with Crippen LogP contribution in [0.3, 0.4) is 0 Å². The zero-order valence-corrected chi connectivity index (χ0v) is 13.2. The summed E-state index contributed by atoms with van der Waals surface area (Å²) in [6.45, 7) is 8.21. The van der Waals surface area contributed by atoms with Crippen LogP contribution in [0.4, 0.5) is 0 Å². The summed E-state index contributed by atoms with van der Waals surface area (Å²) in [6.07, 6.45) is 3.61. The van der Waals surface area contributed by atoms with Gasteiger partial charge in [0.05, 0.1) is 5.52 Å². The molecule has 0 unspecified atom stereocenters. The molecular weight excluding hydrogens is 276 g/mol. The predicted octanol–water partition coefficient (Wildman–Crippen LogP) is 3.33. The number of Topliss-reactive ketones (excluding diaryl/α,β-unsaturated/α-hetero) is 1. The van der Waals surface area contributed by atoms with Crippen molar-refractivity contribution in [2.75, 3.05) is 0 Å². The molecule has 0 bridgehead atoms. The van der Waals surface area contributed by atoms with Gasteiger partial charge in [-0.3, -0.25) is 9.48 Å². The van der Waals surface area contributed by atoms with E-state index in [1.54, 1.807) is 19.3 Å². The normalized spacial score (nSPS) is 11.1. The number of rotatable bonds is 3. The molecule has 3 rings (SSSR count). The molecule has 0 aliphatic rings. The van der Waals surface area contributed by atoms with Crippen molar-refractivity contribution in [1.29, 1.82) is 0 Å². The molecule has 0 aliphatic heterocycles. The third kappa shape index (κ3) is 2.28. The maximum atomic E-state index is 11.9. The van der Waals surface area contributed by atoms with E-state index in [0.29, 0.717) is 5.69 Å². The lowest BCUT2D eigenvalue weighted by Gasteiger charge is -2.06. The first kappa shape index (κ1) is 14.4. The van der Waals surface area contributed by atoms with Gasteiger partial charge in [0.15, 0.2) is 5.78 Å². The lowest BCUT2D eigenvalue weighted by atomic mass is 10.0. The van der Waals surface area contributed by atoms with Crippen molar-refractivity contribution in [3.8, 4) is 11.1 Å². The molecule has 0 fully saturated rings. The van der Waals surface area contributed by atoms with Gasteiger partial charge in [0, 0.05) is 36.8 Å². The van der Waals surface area contributed by atoms with Crippen LogP contribution in [-0.2, 0) is 6.54 Å². The van der Waals surface area contributed by atoms with Crippen molar-refractivity contribution in [2.45, 2.75) is 34.2 Å². The summed E-state index contributed by atoms with van der Waals surface area (Å²) < 4.78 is 1.89. The lowest BCUT2D eigenvalue weighted by molar-refractivity contribution is 0.101. The van der Waals surface area contributed by atoms with Crippen LogP contribution < -0.4 is 0 Å². The maximum Gasteiger partial charge on any atom is 0.180 e. The monoisotopic (exact) mass is 294 g/mol. The minimum absolute atomic E-state index is 0.0195. The topological polar surface area (TPSA) is 60.7 Å². The van der Waals surface area contributed by atoms with Gasteiger partial charge in [0.25, 0.3) is 0 Å². The van der Waals surface area contributed by atoms with Crippen LogP contribution in [-0.4, -0.2) is 25.5 Å². The molecule has 0 aliphatic carbocycles. The summed E-state index contributed by atoms with van der Waals surface area (Å²) in [5.41, 5.74) is 4.58. The van der Waals surface area contributed by atoms with E-state index in [4.69, 9.17) is 0 Å². The number of nitrogens with zero attached hydrogens (tertiary/aromatic N) is 4. The van der Waals surface area contributed by atoms with E-state index in [1.807, 2.05) is 31.5 Å². The minimum Gasteiger partial charge on any atom is -0.293 e. The standard InChI is InChI=1S/C17H18N4O/c1-5-21-17-10(2)6-13(14-8-18-12(4)19-9-14)7-15(17)16(20-21)11(3)22/h6-9H,5H2,1-4H3. The number of benzene rings is 1. The fraction of sp³-hybridized carbons (Fsp3) is 0.294. The molecule has 5 nitrogen and oxygen atoms in total. The molecule has 5 heteroatoms. The third-order valence-electron chi connectivity index (χ3n) is 3.78. The summed E-state index contributed by atoms with van der Waals surface area (Å²) in [7, 11) is 0. The van der Waals surface area contributed by atoms with E-state index < -0.39 is 0 Å². The van der Waals surface area contributed by atoms with E-state index in [-0.39, 0.29) is 5.78 Å². The molecule has 22 heavy (non-hydrogen) atoms. The molecule has 2 aromatic heterocycles. The van der Waals surface area contributed by atoms with E-state index in [2.05, 4.69) is 21.1 Å². The maximum absolute atomic E-state index is 11.9. The molecule has 112 valence electrons. The zero-order valence-electron chi connectivity index (χ0n) is 13.2. The Labute approximate surface area is 129 Å². The molecule has 0 saturated carbocycles. The first-order valence-electron chi connectivity index (χ1n) is 7.32. The van der Waals surface area contributed by atoms with Crippen molar-refractivity contribution in [2.24, 2.45) is 0 Å². The summed E-state index contributed by atoms with van der Waals surface area (Å²) in [4.78, 5) is 20.4. The summed E-state index contributed by atoms with van der Waals surface area (Å²) in [5, 5.41) is 5.35. The zero-order chi connectivity index (χ0) is 15.9. The first-order chi connectivity index (χ1) is 10.5. The summed E-state index contributed by atoms with van der Waals surface area (Å²) in [5.74, 6) is 0.721. The van der Waals surface area contributed by atoms with E-state index in [1.165, 1.54) is 0 Å². The lowest BCUT2D eigenvalue weighted by Crippen LogP contribution is -1.99. The van der Waals surface area contributed by atoms with Crippen LogP contribution in [0.25, 0.3) is 22.0 Å². The molecule has 0 N–H and O–H groups in total. The average Bonchev–Trinajstić information content (AvgIpc) is 2.87. The van der Waals surface area contributed by atoms with Gasteiger partial charge in [0.2, 0.25) is 0 Å². The quantitative estimate of drug-likeness (QED) is 0.695. The Hall–Kier alpha value is -2.56. The van der Waals surface area contributed by atoms with Crippen LogP contribution in [0.2, 0.25) is 0 Å². The second-order valence-corrected chi connectivity index (χ2v) is 5.43. The molecule has 0 saturated heterocycles. The molecule has 0 radical (unpaired) electrons. The molecule has 2 heterocycles. The molecule has 0 atom stereocenters. The van der Waals surface area contributed by atoms with Gasteiger partial charge in [-0.15, -0.1) is 0 Å². The highest BCUT2D eigenvalue weighted by Crippen LogP contribution is 2.29. The molecular formula is C17H18N4O.